The lowest BCUT2D eigenvalue weighted by atomic mass is 10.1. The minimum Gasteiger partial charge on any atom is -0.396 e. The van der Waals surface area contributed by atoms with Gasteiger partial charge in [0.25, 0.3) is 0 Å². The Hall–Kier alpha value is -0.700. The Bertz CT molecular complexity index is 651. The van der Waals surface area contributed by atoms with Crippen LogP contribution in [0.5, 0.6) is 0 Å². The molecule has 1 saturated heterocycles. The second-order valence-corrected chi connectivity index (χ2v) is 8.40. The van der Waals surface area contributed by atoms with Gasteiger partial charge in [0.1, 0.15) is 5.82 Å². The molecule has 0 amide bonds. The van der Waals surface area contributed by atoms with Gasteiger partial charge in [0.2, 0.25) is 10.0 Å². The van der Waals surface area contributed by atoms with Crippen LogP contribution in [-0.2, 0) is 10.0 Å². The summed E-state index contributed by atoms with van der Waals surface area (Å²) in [7, 11) is 0.172. The average molecular weight is 380 g/mol. The van der Waals surface area contributed by atoms with Crippen molar-refractivity contribution in [1.29, 1.82) is 0 Å². The summed E-state index contributed by atoms with van der Waals surface area (Å²) in [6.07, 6.45) is 0. The summed E-state index contributed by atoms with van der Waals surface area (Å²) >= 11 is 3.11. The number of nitrogens with zero attached hydrogens (tertiary/aromatic N) is 2. The third kappa shape index (κ3) is 3.08. The Morgan fingerprint density at radius 2 is 2.00 bits per heavy atom. The van der Waals surface area contributed by atoms with E-state index in [0.717, 1.165) is 6.07 Å². The Morgan fingerprint density at radius 3 is 2.52 bits per heavy atom. The van der Waals surface area contributed by atoms with Crippen molar-refractivity contribution >= 4 is 31.6 Å². The van der Waals surface area contributed by atoms with Crippen LogP contribution in [0.2, 0.25) is 0 Å². The quantitative estimate of drug-likeness (QED) is 0.812. The maximum absolute atomic E-state index is 13.4. The number of nitrogen functional groups attached to an aromatic ring is 1. The summed E-state index contributed by atoms with van der Waals surface area (Å²) in [5.74, 6) is -0.409. The molecule has 5 nitrogen and oxygen atoms in total. The Kier molecular flexibility index (Phi) is 4.63. The van der Waals surface area contributed by atoms with Gasteiger partial charge in [-0.2, -0.15) is 4.31 Å². The molecule has 0 bridgehead atoms. The van der Waals surface area contributed by atoms with Gasteiger partial charge < -0.3 is 10.6 Å². The monoisotopic (exact) mass is 379 g/mol. The molecule has 0 spiro atoms. The van der Waals surface area contributed by atoms with Crippen molar-refractivity contribution in [2.75, 3.05) is 32.9 Å². The Balaban J connectivity index is 2.38. The second kappa shape index (κ2) is 5.83. The number of sulfonamides is 1. The first-order valence-electron chi connectivity index (χ1n) is 6.55. The first kappa shape index (κ1) is 16.7. The number of halogens is 2. The molecule has 1 aliphatic heterocycles. The highest BCUT2D eigenvalue weighted by Gasteiger charge is 2.39. The van der Waals surface area contributed by atoms with E-state index in [2.05, 4.69) is 15.9 Å². The molecule has 8 heteroatoms. The molecule has 118 valence electrons. The van der Waals surface area contributed by atoms with Crippen LogP contribution in [0.15, 0.2) is 21.5 Å². The molecule has 21 heavy (non-hydrogen) atoms. The number of likely N-dealkylation sites (N-methyl/N-ethyl adjacent to an activating group) is 1. The molecular weight excluding hydrogens is 361 g/mol. The van der Waals surface area contributed by atoms with Crippen LogP contribution in [0.25, 0.3) is 0 Å². The molecule has 1 heterocycles. The molecule has 0 radical (unpaired) electrons. The fourth-order valence-corrected chi connectivity index (χ4v) is 5.23. The zero-order valence-corrected chi connectivity index (χ0v) is 14.6. The van der Waals surface area contributed by atoms with E-state index in [9.17, 15) is 12.8 Å². The average Bonchev–Trinajstić information content (AvgIpc) is 2.76. The number of benzene rings is 1. The third-order valence-electron chi connectivity index (χ3n) is 3.87. The number of rotatable bonds is 3. The van der Waals surface area contributed by atoms with Crippen molar-refractivity contribution in [3.63, 3.8) is 0 Å². The highest BCUT2D eigenvalue weighted by Crippen LogP contribution is 2.32. The maximum atomic E-state index is 13.4. The van der Waals surface area contributed by atoms with Gasteiger partial charge in [-0.05, 0) is 48.1 Å². The lowest BCUT2D eigenvalue weighted by Crippen LogP contribution is -2.35. The van der Waals surface area contributed by atoms with Gasteiger partial charge in [-0.25, -0.2) is 12.8 Å². The topological polar surface area (TPSA) is 66.6 Å². The van der Waals surface area contributed by atoms with Gasteiger partial charge in [-0.1, -0.05) is 6.92 Å². The summed E-state index contributed by atoms with van der Waals surface area (Å²) < 4.78 is 40.5. The smallest absolute Gasteiger partial charge is 0.244 e. The molecule has 0 aliphatic carbocycles. The predicted molar refractivity (Wildman–Crippen MR) is 83.9 cm³/mol. The van der Waals surface area contributed by atoms with Gasteiger partial charge in [-0.3, -0.25) is 0 Å². The second-order valence-electron chi connectivity index (χ2n) is 5.63. The molecule has 0 aromatic heterocycles. The Labute approximate surface area is 133 Å². The molecular formula is C13H19BrFN3O2S. The van der Waals surface area contributed by atoms with E-state index < -0.39 is 15.8 Å². The lowest BCUT2D eigenvalue weighted by Gasteiger charge is -2.22. The van der Waals surface area contributed by atoms with E-state index in [1.165, 1.54) is 10.4 Å². The number of hydrogen-bond acceptors (Lipinski definition) is 4. The summed E-state index contributed by atoms with van der Waals surface area (Å²) in [5, 5.41) is 0. The summed E-state index contributed by atoms with van der Waals surface area (Å²) in [5.41, 5.74) is 5.33. The van der Waals surface area contributed by atoms with Crippen LogP contribution in [0.3, 0.4) is 0 Å². The van der Waals surface area contributed by atoms with Crippen LogP contribution < -0.4 is 5.73 Å². The van der Waals surface area contributed by atoms with E-state index in [4.69, 9.17) is 5.73 Å². The summed E-state index contributed by atoms with van der Waals surface area (Å²) in [4.78, 5) is 2.03. The van der Waals surface area contributed by atoms with Gasteiger partial charge in [0.05, 0.1) is 10.6 Å². The lowest BCUT2D eigenvalue weighted by molar-refractivity contribution is 0.263. The SMILES string of the molecule is CC1CN(S(=O)(=O)c2cc(N)c(F)cc2Br)CC1N(C)C. The van der Waals surface area contributed by atoms with Crippen molar-refractivity contribution in [3.8, 4) is 0 Å². The molecule has 2 unspecified atom stereocenters. The van der Waals surface area contributed by atoms with Crippen molar-refractivity contribution in [3.05, 3.63) is 22.4 Å². The third-order valence-corrected chi connectivity index (χ3v) is 6.66. The number of hydrogen-bond donors (Lipinski definition) is 1. The standard InChI is InChI=1S/C13H19BrFN3O2S/c1-8-6-18(7-12(8)17(2)3)21(19,20)13-5-11(16)10(15)4-9(13)14/h4-5,8,12H,6-7,16H2,1-3H3. The van der Waals surface area contributed by atoms with Gasteiger partial charge in [0.15, 0.2) is 0 Å². The molecule has 1 aromatic rings. The summed E-state index contributed by atoms with van der Waals surface area (Å²) in [6.45, 7) is 2.88. The predicted octanol–water partition coefficient (Wildman–Crippen LogP) is 1.74. The molecule has 1 aliphatic rings. The zero-order chi connectivity index (χ0) is 15.9. The zero-order valence-electron chi connectivity index (χ0n) is 12.2. The first-order chi connectivity index (χ1) is 9.64. The van der Waals surface area contributed by atoms with Crippen LogP contribution in [-0.4, -0.2) is 50.8 Å². The number of anilines is 1. The van der Waals surface area contributed by atoms with Crippen LogP contribution >= 0.6 is 15.9 Å². The molecule has 1 fully saturated rings. The minimum atomic E-state index is -3.69. The molecule has 2 atom stereocenters. The minimum absolute atomic E-state index is 0.00741. The normalized spacial score (nSPS) is 23.9. The molecule has 2 rings (SSSR count). The van der Waals surface area contributed by atoms with Crippen molar-refractivity contribution in [1.82, 2.24) is 9.21 Å². The fraction of sp³-hybridized carbons (Fsp3) is 0.538. The van der Waals surface area contributed by atoms with E-state index in [0.29, 0.717) is 13.1 Å². The van der Waals surface area contributed by atoms with E-state index in [1.807, 2.05) is 25.9 Å². The van der Waals surface area contributed by atoms with Crippen LogP contribution in [0.1, 0.15) is 6.92 Å². The van der Waals surface area contributed by atoms with Gasteiger partial charge in [-0.15, -0.1) is 0 Å². The highest BCUT2D eigenvalue weighted by atomic mass is 79.9. The van der Waals surface area contributed by atoms with Crippen molar-refractivity contribution in [2.24, 2.45) is 5.92 Å². The highest BCUT2D eigenvalue weighted by molar-refractivity contribution is 9.10. The van der Waals surface area contributed by atoms with Crippen molar-refractivity contribution < 1.29 is 12.8 Å². The van der Waals surface area contributed by atoms with Crippen LogP contribution in [0, 0.1) is 11.7 Å². The van der Waals surface area contributed by atoms with Gasteiger partial charge >= 0.3 is 0 Å². The maximum Gasteiger partial charge on any atom is 0.244 e. The van der Waals surface area contributed by atoms with Crippen LogP contribution in [0.4, 0.5) is 10.1 Å². The largest absolute Gasteiger partial charge is 0.396 e. The Morgan fingerprint density at radius 1 is 1.38 bits per heavy atom. The first-order valence-corrected chi connectivity index (χ1v) is 8.79. The molecule has 2 N–H and O–H groups in total. The van der Waals surface area contributed by atoms with E-state index >= 15 is 0 Å². The summed E-state index contributed by atoms with van der Waals surface area (Å²) in [6, 6.07) is 2.42. The van der Waals surface area contributed by atoms with E-state index in [1.54, 1.807) is 0 Å². The molecule has 1 aromatic carbocycles. The van der Waals surface area contributed by atoms with Crippen molar-refractivity contribution in [2.45, 2.75) is 17.9 Å². The fourth-order valence-electron chi connectivity index (χ4n) is 2.66. The van der Waals surface area contributed by atoms with E-state index in [-0.39, 0.29) is 27.0 Å². The number of nitrogens with two attached hydrogens (primary N) is 1. The van der Waals surface area contributed by atoms with Gasteiger partial charge in [0, 0.05) is 23.6 Å². The molecule has 0 saturated carbocycles.